The summed E-state index contributed by atoms with van der Waals surface area (Å²) in [5.41, 5.74) is 7.68. The van der Waals surface area contributed by atoms with E-state index in [0.717, 1.165) is 57.1 Å². The molecule has 0 aliphatic rings. The number of nitrogens with zero attached hydrogens (tertiary/aromatic N) is 3. The second-order valence-corrected chi connectivity index (χ2v) is 5.25. The molecule has 2 heterocycles. The second-order valence-electron chi connectivity index (χ2n) is 5.25. The van der Waals surface area contributed by atoms with Gasteiger partial charge in [0.05, 0.1) is 11.4 Å². The zero-order valence-corrected chi connectivity index (χ0v) is 13.0. The molecular formula is C17H25N5. The zero-order chi connectivity index (χ0) is 15.5. The monoisotopic (exact) mass is 299 g/mol. The molecule has 0 aromatic carbocycles. The molecule has 2 aromatic heterocycles. The van der Waals surface area contributed by atoms with Crippen molar-refractivity contribution >= 4 is 0 Å². The molecular weight excluding hydrogens is 274 g/mol. The highest BCUT2D eigenvalue weighted by molar-refractivity contribution is 5.06. The van der Waals surface area contributed by atoms with Crippen LogP contribution < -0.4 is 11.1 Å². The fraction of sp³-hybridized carbons (Fsp3) is 0.412. The first kappa shape index (κ1) is 16.5. The first-order valence-electron chi connectivity index (χ1n) is 7.81. The third kappa shape index (κ3) is 6.30. The lowest BCUT2D eigenvalue weighted by atomic mass is 10.3. The first-order valence-corrected chi connectivity index (χ1v) is 7.81. The highest BCUT2D eigenvalue weighted by Gasteiger charge is 2.08. The number of nitrogens with one attached hydrogen (secondary N) is 1. The average molecular weight is 299 g/mol. The third-order valence-electron chi connectivity index (χ3n) is 3.39. The summed E-state index contributed by atoms with van der Waals surface area (Å²) in [7, 11) is 0. The van der Waals surface area contributed by atoms with Crippen molar-refractivity contribution in [2.24, 2.45) is 5.73 Å². The minimum absolute atomic E-state index is 0.735. The van der Waals surface area contributed by atoms with Crippen LogP contribution >= 0.6 is 0 Å². The highest BCUT2D eigenvalue weighted by atomic mass is 15.1. The van der Waals surface area contributed by atoms with Crippen LogP contribution in [0.15, 0.2) is 48.8 Å². The summed E-state index contributed by atoms with van der Waals surface area (Å²) in [4.78, 5) is 11.2. The van der Waals surface area contributed by atoms with Gasteiger partial charge in [-0.15, -0.1) is 0 Å². The fourth-order valence-electron chi connectivity index (χ4n) is 2.24. The first-order chi connectivity index (χ1) is 10.9. The van der Waals surface area contributed by atoms with E-state index >= 15 is 0 Å². The van der Waals surface area contributed by atoms with E-state index in [4.69, 9.17) is 5.73 Å². The normalized spacial score (nSPS) is 11.0. The van der Waals surface area contributed by atoms with Crippen molar-refractivity contribution in [3.63, 3.8) is 0 Å². The van der Waals surface area contributed by atoms with Crippen LogP contribution in [-0.2, 0) is 13.1 Å². The van der Waals surface area contributed by atoms with Crippen LogP contribution in [0.5, 0.6) is 0 Å². The fourth-order valence-corrected chi connectivity index (χ4v) is 2.24. The van der Waals surface area contributed by atoms with E-state index in [1.807, 2.05) is 36.7 Å². The summed E-state index contributed by atoms with van der Waals surface area (Å²) < 4.78 is 0. The van der Waals surface area contributed by atoms with Crippen LogP contribution in [0.4, 0.5) is 0 Å². The number of rotatable bonds is 10. The molecule has 0 saturated carbocycles. The van der Waals surface area contributed by atoms with Crippen LogP contribution in [0, 0.1) is 0 Å². The van der Waals surface area contributed by atoms with Gasteiger partial charge >= 0.3 is 0 Å². The predicted molar refractivity (Wildman–Crippen MR) is 89.1 cm³/mol. The van der Waals surface area contributed by atoms with E-state index in [0.29, 0.717) is 0 Å². The van der Waals surface area contributed by atoms with E-state index in [-0.39, 0.29) is 0 Å². The Morgan fingerprint density at radius 2 is 1.55 bits per heavy atom. The molecule has 0 fully saturated rings. The Morgan fingerprint density at radius 1 is 0.909 bits per heavy atom. The number of aromatic nitrogens is 2. The lowest BCUT2D eigenvalue weighted by molar-refractivity contribution is 0.250. The molecule has 118 valence electrons. The number of pyridine rings is 2. The van der Waals surface area contributed by atoms with Crippen molar-refractivity contribution in [1.82, 2.24) is 20.2 Å². The van der Waals surface area contributed by atoms with E-state index in [9.17, 15) is 0 Å². The van der Waals surface area contributed by atoms with Crippen LogP contribution in [0.2, 0.25) is 0 Å². The van der Waals surface area contributed by atoms with Crippen molar-refractivity contribution in [3.8, 4) is 0 Å². The van der Waals surface area contributed by atoms with E-state index in [1.165, 1.54) is 0 Å². The molecule has 0 saturated heterocycles. The molecule has 0 atom stereocenters. The lowest BCUT2D eigenvalue weighted by Crippen LogP contribution is -2.32. The second kappa shape index (κ2) is 10.00. The van der Waals surface area contributed by atoms with Gasteiger partial charge in [-0.2, -0.15) is 0 Å². The Kier molecular flexibility index (Phi) is 7.52. The summed E-state index contributed by atoms with van der Waals surface area (Å²) in [6.45, 7) is 5.26. The van der Waals surface area contributed by atoms with Crippen LogP contribution in [-0.4, -0.2) is 41.0 Å². The van der Waals surface area contributed by atoms with Crippen molar-refractivity contribution in [3.05, 3.63) is 60.2 Å². The number of nitrogens with two attached hydrogens (primary N) is 1. The molecule has 2 rings (SSSR count). The van der Waals surface area contributed by atoms with Gasteiger partial charge in [0, 0.05) is 38.6 Å². The Labute approximate surface area is 132 Å². The van der Waals surface area contributed by atoms with Gasteiger partial charge in [-0.05, 0) is 43.8 Å². The molecule has 0 unspecified atom stereocenters. The van der Waals surface area contributed by atoms with Crippen molar-refractivity contribution in [2.45, 2.75) is 19.5 Å². The molecule has 0 radical (unpaired) electrons. The molecule has 22 heavy (non-hydrogen) atoms. The molecule has 0 aliphatic carbocycles. The minimum Gasteiger partial charge on any atom is -0.330 e. The maximum Gasteiger partial charge on any atom is 0.0544 e. The van der Waals surface area contributed by atoms with Gasteiger partial charge in [-0.3, -0.25) is 14.9 Å². The molecule has 0 aliphatic heterocycles. The van der Waals surface area contributed by atoms with Crippen LogP contribution in [0.1, 0.15) is 17.8 Å². The van der Waals surface area contributed by atoms with Gasteiger partial charge in [0.1, 0.15) is 0 Å². The maximum atomic E-state index is 5.51. The SMILES string of the molecule is NCCCNCCN(Cc1ccccn1)Cc1ccccn1. The summed E-state index contributed by atoms with van der Waals surface area (Å²) in [6, 6.07) is 12.1. The van der Waals surface area contributed by atoms with Crippen LogP contribution in [0.25, 0.3) is 0 Å². The Hall–Kier alpha value is -1.82. The predicted octanol–water partition coefficient (Wildman–Crippen LogP) is 1.42. The van der Waals surface area contributed by atoms with Gasteiger partial charge in [-0.25, -0.2) is 0 Å². The van der Waals surface area contributed by atoms with Gasteiger partial charge < -0.3 is 11.1 Å². The van der Waals surface area contributed by atoms with Crippen molar-refractivity contribution in [1.29, 1.82) is 0 Å². The van der Waals surface area contributed by atoms with Crippen molar-refractivity contribution in [2.75, 3.05) is 26.2 Å². The lowest BCUT2D eigenvalue weighted by Gasteiger charge is -2.21. The Balaban J connectivity index is 1.88. The summed E-state index contributed by atoms with van der Waals surface area (Å²) in [6.07, 6.45) is 4.70. The highest BCUT2D eigenvalue weighted by Crippen LogP contribution is 2.06. The maximum absolute atomic E-state index is 5.51. The van der Waals surface area contributed by atoms with Crippen LogP contribution in [0.3, 0.4) is 0 Å². The Bertz CT molecular complexity index is 461. The average Bonchev–Trinajstić information content (AvgIpc) is 2.56. The summed E-state index contributed by atoms with van der Waals surface area (Å²) >= 11 is 0. The molecule has 0 bridgehead atoms. The molecule has 0 amide bonds. The largest absolute Gasteiger partial charge is 0.330 e. The minimum atomic E-state index is 0.735. The van der Waals surface area contributed by atoms with Gasteiger partial charge in [-0.1, -0.05) is 12.1 Å². The molecule has 0 spiro atoms. The number of hydrogen-bond donors (Lipinski definition) is 2. The Morgan fingerprint density at radius 3 is 2.05 bits per heavy atom. The van der Waals surface area contributed by atoms with Gasteiger partial charge in [0.2, 0.25) is 0 Å². The van der Waals surface area contributed by atoms with Gasteiger partial charge in [0.25, 0.3) is 0 Å². The van der Waals surface area contributed by atoms with E-state index in [2.05, 4.69) is 32.3 Å². The van der Waals surface area contributed by atoms with E-state index < -0.39 is 0 Å². The standard InChI is InChI=1S/C17H25N5/c18-8-5-9-19-12-13-22(14-16-6-1-3-10-20-16)15-17-7-2-4-11-21-17/h1-4,6-7,10-11,19H,5,8-9,12-15,18H2. The summed E-state index contributed by atoms with van der Waals surface area (Å²) in [5, 5.41) is 3.43. The quantitative estimate of drug-likeness (QED) is 0.649. The molecule has 2 aromatic rings. The molecule has 5 heteroatoms. The van der Waals surface area contributed by atoms with Gasteiger partial charge in [0.15, 0.2) is 0 Å². The zero-order valence-electron chi connectivity index (χ0n) is 13.0. The third-order valence-corrected chi connectivity index (χ3v) is 3.39. The topological polar surface area (TPSA) is 67.1 Å². The smallest absolute Gasteiger partial charge is 0.0544 e. The molecule has 5 nitrogen and oxygen atoms in total. The van der Waals surface area contributed by atoms with Crippen molar-refractivity contribution < 1.29 is 0 Å². The van der Waals surface area contributed by atoms with E-state index in [1.54, 1.807) is 0 Å². The summed E-state index contributed by atoms with van der Waals surface area (Å²) in [5.74, 6) is 0. The molecule has 3 N–H and O–H groups in total. The number of hydrogen-bond acceptors (Lipinski definition) is 5.